The van der Waals surface area contributed by atoms with Crippen LogP contribution in [0.1, 0.15) is 50.3 Å². The molecule has 0 radical (unpaired) electrons. The molecule has 0 bridgehead atoms. The third-order valence-corrected chi connectivity index (χ3v) is 4.52. The Kier molecular flexibility index (Phi) is 6.47. The molecule has 0 saturated heterocycles. The molecule has 2 aromatic carbocycles. The van der Waals surface area contributed by atoms with Gasteiger partial charge in [-0.05, 0) is 54.7 Å². The van der Waals surface area contributed by atoms with Crippen LogP contribution in [0.4, 0.5) is 11.4 Å². The summed E-state index contributed by atoms with van der Waals surface area (Å²) < 4.78 is 0. The average Bonchev–Trinajstić information content (AvgIpc) is 2.61. The predicted octanol–water partition coefficient (Wildman–Crippen LogP) is 5.16. The standard InChI is InChI=1S/C19H23N3O2S/c1-4-13(2)15-5-7-16(8-6-15)14(3)20-19(25)21-17-9-11-18(12-10-17)22(23)24/h5-14H,4H2,1-3H3,(H2,20,21,25)/t13-,14+/m1/s1. The van der Waals surface area contributed by atoms with Crippen molar-refractivity contribution in [1.29, 1.82) is 0 Å². The molecule has 2 rings (SSSR count). The van der Waals surface area contributed by atoms with Gasteiger partial charge < -0.3 is 10.6 Å². The van der Waals surface area contributed by atoms with Crippen molar-refractivity contribution in [1.82, 2.24) is 5.32 Å². The normalized spacial score (nSPS) is 12.9. The first kappa shape index (κ1) is 18.9. The minimum absolute atomic E-state index is 0.0548. The van der Waals surface area contributed by atoms with Crippen LogP contribution in [0.2, 0.25) is 0 Å². The molecule has 0 fully saturated rings. The van der Waals surface area contributed by atoms with E-state index in [0.717, 1.165) is 12.0 Å². The Bertz CT molecular complexity index is 729. The van der Waals surface area contributed by atoms with E-state index >= 15 is 0 Å². The topological polar surface area (TPSA) is 67.2 Å². The number of rotatable bonds is 6. The largest absolute Gasteiger partial charge is 0.356 e. The summed E-state index contributed by atoms with van der Waals surface area (Å²) in [6.45, 7) is 6.45. The summed E-state index contributed by atoms with van der Waals surface area (Å²) >= 11 is 5.33. The molecule has 0 saturated carbocycles. The van der Waals surface area contributed by atoms with Crippen LogP contribution in [0.15, 0.2) is 48.5 Å². The zero-order chi connectivity index (χ0) is 18.4. The smallest absolute Gasteiger partial charge is 0.269 e. The Labute approximate surface area is 153 Å². The Morgan fingerprint density at radius 3 is 2.16 bits per heavy atom. The molecule has 25 heavy (non-hydrogen) atoms. The maximum Gasteiger partial charge on any atom is 0.269 e. The van der Waals surface area contributed by atoms with E-state index in [1.54, 1.807) is 12.1 Å². The van der Waals surface area contributed by atoms with Crippen LogP contribution in [0, 0.1) is 10.1 Å². The zero-order valence-electron chi connectivity index (χ0n) is 14.7. The molecular weight excluding hydrogens is 334 g/mol. The van der Waals surface area contributed by atoms with Crippen molar-refractivity contribution in [2.75, 3.05) is 5.32 Å². The average molecular weight is 357 g/mol. The number of nitro groups is 1. The summed E-state index contributed by atoms with van der Waals surface area (Å²) in [5, 5.41) is 17.4. The molecule has 0 amide bonds. The number of non-ortho nitro benzene ring substituents is 1. The number of nitrogens with one attached hydrogen (secondary N) is 2. The zero-order valence-corrected chi connectivity index (χ0v) is 15.5. The van der Waals surface area contributed by atoms with Crippen LogP contribution in [-0.2, 0) is 0 Å². The molecule has 0 heterocycles. The third kappa shape index (κ3) is 5.26. The maximum atomic E-state index is 10.7. The molecule has 2 atom stereocenters. The van der Waals surface area contributed by atoms with Crippen LogP contribution in [0.5, 0.6) is 0 Å². The SMILES string of the molecule is CC[C@@H](C)c1ccc([C@H](C)NC(=S)Nc2ccc([N+](=O)[O-])cc2)cc1. The van der Waals surface area contributed by atoms with Gasteiger partial charge >= 0.3 is 0 Å². The van der Waals surface area contributed by atoms with Crippen molar-refractivity contribution in [2.24, 2.45) is 0 Å². The molecule has 0 spiro atoms. The van der Waals surface area contributed by atoms with Gasteiger partial charge in [0, 0.05) is 17.8 Å². The lowest BCUT2D eigenvalue weighted by atomic mass is 9.96. The molecule has 0 aliphatic rings. The van der Waals surface area contributed by atoms with Crippen molar-refractivity contribution in [3.05, 3.63) is 69.8 Å². The summed E-state index contributed by atoms with van der Waals surface area (Å²) in [6, 6.07) is 14.8. The van der Waals surface area contributed by atoms with Crippen molar-refractivity contribution >= 4 is 28.7 Å². The van der Waals surface area contributed by atoms with E-state index in [2.05, 4.69) is 48.7 Å². The van der Waals surface area contributed by atoms with Gasteiger partial charge in [-0.3, -0.25) is 10.1 Å². The molecule has 5 nitrogen and oxygen atoms in total. The highest BCUT2D eigenvalue weighted by atomic mass is 32.1. The molecule has 0 unspecified atom stereocenters. The fourth-order valence-electron chi connectivity index (χ4n) is 2.46. The molecule has 0 aliphatic heterocycles. The van der Waals surface area contributed by atoms with Crippen LogP contribution in [-0.4, -0.2) is 10.0 Å². The second-order valence-electron chi connectivity index (χ2n) is 6.10. The van der Waals surface area contributed by atoms with E-state index in [1.165, 1.54) is 17.7 Å². The molecule has 2 N–H and O–H groups in total. The second-order valence-corrected chi connectivity index (χ2v) is 6.51. The van der Waals surface area contributed by atoms with Gasteiger partial charge in [-0.2, -0.15) is 0 Å². The lowest BCUT2D eigenvalue weighted by Gasteiger charge is -2.18. The summed E-state index contributed by atoms with van der Waals surface area (Å²) in [6.07, 6.45) is 1.12. The highest BCUT2D eigenvalue weighted by Crippen LogP contribution is 2.21. The lowest BCUT2D eigenvalue weighted by Crippen LogP contribution is -2.30. The van der Waals surface area contributed by atoms with E-state index in [4.69, 9.17) is 12.2 Å². The minimum atomic E-state index is -0.425. The number of thiocarbonyl (C=S) groups is 1. The summed E-state index contributed by atoms with van der Waals surface area (Å²) in [4.78, 5) is 10.2. The first-order valence-corrected chi connectivity index (χ1v) is 8.73. The van der Waals surface area contributed by atoms with Gasteiger partial charge in [0.2, 0.25) is 0 Å². The lowest BCUT2D eigenvalue weighted by molar-refractivity contribution is -0.384. The number of hydrogen-bond acceptors (Lipinski definition) is 3. The van der Waals surface area contributed by atoms with E-state index in [-0.39, 0.29) is 11.7 Å². The quantitative estimate of drug-likeness (QED) is 0.425. The molecule has 0 aliphatic carbocycles. The van der Waals surface area contributed by atoms with Gasteiger partial charge in [0.1, 0.15) is 0 Å². The number of nitrogens with zero attached hydrogens (tertiary/aromatic N) is 1. The first-order valence-electron chi connectivity index (χ1n) is 8.32. The maximum absolute atomic E-state index is 10.7. The van der Waals surface area contributed by atoms with Crippen LogP contribution in [0.25, 0.3) is 0 Å². The summed E-state index contributed by atoms with van der Waals surface area (Å²) in [5.74, 6) is 0.558. The fourth-order valence-corrected chi connectivity index (χ4v) is 2.76. The van der Waals surface area contributed by atoms with Crippen molar-refractivity contribution in [3.8, 4) is 0 Å². The van der Waals surface area contributed by atoms with Gasteiger partial charge in [-0.15, -0.1) is 0 Å². The Balaban J connectivity index is 1.94. The van der Waals surface area contributed by atoms with E-state index in [0.29, 0.717) is 16.7 Å². The van der Waals surface area contributed by atoms with Gasteiger partial charge in [-0.25, -0.2) is 0 Å². The van der Waals surface area contributed by atoms with Crippen LogP contribution in [0.3, 0.4) is 0 Å². The van der Waals surface area contributed by atoms with Gasteiger partial charge in [-0.1, -0.05) is 38.1 Å². The Hall–Kier alpha value is -2.47. The third-order valence-electron chi connectivity index (χ3n) is 4.30. The summed E-state index contributed by atoms with van der Waals surface area (Å²) in [5.41, 5.74) is 3.26. The highest BCUT2D eigenvalue weighted by molar-refractivity contribution is 7.80. The van der Waals surface area contributed by atoms with Gasteiger partial charge in [0.25, 0.3) is 5.69 Å². The molecular formula is C19H23N3O2S. The number of hydrogen-bond donors (Lipinski definition) is 2. The van der Waals surface area contributed by atoms with Crippen molar-refractivity contribution in [3.63, 3.8) is 0 Å². The van der Waals surface area contributed by atoms with Gasteiger partial charge in [0.05, 0.1) is 11.0 Å². The van der Waals surface area contributed by atoms with Crippen molar-refractivity contribution in [2.45, 2.75) is 39.2 Å². The van der Waals surface area contributed by atoms with Crippen molar-refractivity contribution < 1.29 is 4.92 Å². The van der Waals surface area contributed by atoms with E-state index < -0.39 is 4.92 Å². The molecule has 6 heteroatoms. The number of benzene rings is 2. The fraction of sp³-hybridized carbons (Fsp3) is 0.316. The minimum Gasteiger partial charge on any atom is -0.356 e. The predicted molar refractivity (Wildman–Crippen MR) is 106 cm³/mol. The Morgan fingerprint density at radius 1 is 1.08 bits per heavy atom. The highest BCUT2D eigenvalue weighted by Gasteiger charge is 2.10. The molecule has 0 aromatic heterocycles. The van der Waals surface area contributed by atoms with E-state index in [1.807, 2.05) is 6.92 Å². The monoisotopic (exact) mass is 357 g/mol. The number of anilines is 1. The van der Waals surface area contributed by atoms with E-state index in [9.17, 15) is 10.1 Å². The molecule has 2 aromatic rings. The van der Waals surface area contributed by atoms with Crippen LogP contribution < -0.4 is 10.6 Å². The molecule has 132 valence electrons. The first-order chi connectivity index (χ1) is 11.9. The van der Waals surface area contributed by atoms with Gasteiger partial charge in [0.15, 0.2) is 5.11 Å². The second kappa shape index (κ2) is 8.58. The van der Waals surface area contributed by atoms with Crippen LogP contribution >= 0.6 is 12.2 Å². The Morgan fingerprint density at radius 2 is 1.64 bits per heavy atom. The summed E-state index contributed by atoms with van der Waals surface area (Å²) in [7, 11) is 0. The number of nitro benzene ring substituents is 1.